The van der Waals surface area contributed by atoms with Gasteiger partial charge in [-0.05, 0) is 26.0 Å². The maximum atomic E-state index is 10.4. The molecule has 0 spiro atoms. The molecule has 1 unspecified atom stereocenters. The van der Waals surface area contributed by atoms with Crippen LogP contribution in [0.5, 0.6) is 0 Å². The van der Waals surface area contributed by atoms with Crippen molar-refractivity contribution in [3.8, 4) is 0 Å². The molecule has 1 aromatic heterocycles. The smallest absolute Gasteiger partial charge is 0.306 e. The van der Waals surface area contributed by atoms with E-state index in [2.05, 4.69) is 0 Å². The first kappa shape index (κ1) is 10.2. The number of aryl methyl sites for hydroxylation is 1. The average molecular weight is 200 g/mol. The van der Waals surface area contributed by atoms with Crippen molar-refractivity contribution in [1.82, 2.24) is 0 Å². The lowest BCUT2D eigenvalue weighted by Gasteiger charge is -2.18. The van der Waals surface area contributed by atoms with Gasteiger partial charge in [0.1, 0.15) is 5.60 Å². The minimum atomic E-state index is -1.25. The largest absolute Gasteiger partial charge is 0.481 e. The Balaban J connectivity index is 2.86. The number of rotatable bonds is 3. The van der Waals surface area contributed by atoms with Crippen molar-refractivity contribution in [2.45, 2.75) is 25.9 Å². The first-order valence-corrected chi connectivity index (χ1v) is 4.74. The molecule has 3 nitrogen and oxygen atoms in total. The van der Waals surface area contributed by atoms with Gasteiger partial charge in [-0.15, -0.1) is 11.3 Å². The van der Waals surface area contributed by atoms with Crippen molar-refractivity contribution in [2.24, 2.45) is 0 Å². The lowest BCUT2D eigenvalue weighted by Crippen LogP contribution is -2.23. The van der Waals surface area contributed by atoms with Gasteiger partial charge in [0.2, 0.25) is 0 Å². The molecule has 1 rings (SSSR count). The number of aliphatic carboxylic acids is 1. The van der Waals surface area contributed by atoms with Gasteiger partial charge in [0.05, 0.1) is 6.42 Å². The van der Waals surface area contributed by atoms with Crippen LogP contribution in [-0.2, 0) is 10.4 Å². The third kappa shape index (κ3) is 2.54. The molecule has 0 radical (unpaired) electrons. The van der Waals surface area contributed by atoms with Crippen LogP contribution in [0, 0.1) is 6.92 Å². The van der Waals surface area contributed by atoms with Crippen LogP contribution in [0.4, 0.5) is 0 Å². The van der Waals surface area contributed by atoms with Crippen LogP contribution in [-0.4, -0.2) is 16.2 Å². The van der Waals surface area contributed by atoms with E-state index in [0.29, 0.717) is 4.88 Å². The Morgan fingerprint density at radius 2 is 2.23 bits per heavy atom. The third-order valence-corrected chi connectivity index (χ3v) is 3.02. The third-order valence-electron chi connectivity index (χ3n) is 1.77. The molecule has 0 aliphatic heterocycles. The van der Waals surface area contributed by atoms with Gasteiger partial charge in [0.15, 0.2) is 0 Å². The molecule has 2 N–H and O–H groups in total. The summed E-state index contributed by atoms with van der Waals surface area (Å²) in [5.41, 5.74) is -1.25. The summed E-state index contributed by atoms with van der Waals surface area (Å²) < 4.78 is 0. The van der Waals surface area contributed by atoms with Crippen molar-refractivity contribution in [3.63, 3.8) is 0 Å². The normalized spacial score (nSPS) is 15.3. The number of carbonyl (C=O) groups is 1. The Bertz CT molecular complexity index is 314. The zero-order valence-electron chi connectivity index (χ0n) is 7.57. The number of thiophene rings is 1. The van der Waals surface area contributed by atoms with Crippen molar-refractivity contribution >= 4 is 17.3 Å². The van der Waals surface area contributed by atoms with Gasteiger partial charge < -0.3 is 10.2 Å². The molecule has 4 heteroatoms. The SMILES string of the molecule is Cc1ccc(C(C)(O)CC(=O)O)s1. The Kier molecular flexibility index (Phi) is 2.73. The first-order chi connectivity index (χ1) is 5.92. The van der Waals surface area contributed by atoms with E-state index in [1.807, 2.05) is 13.0 Å². The van der Waals surface area contributed by atoms with E-state index in [4.69, 9.17) is 5.11 Å². The number of hydrogen-bond acceptors (Lipinski definition) is 3. The van der Waals surface area contributed by atoms with Crippen molar-refractivity contribution in [2.75, 3.05) is 0 Å². The van der Waals surface area contributed by atoms with E-state index in [1.165, 1.54) is 18.3 Å². The van der Waals surface area contributed by atoms with Crippen molar-refractivity contribution < 1.29 is 15.0 Å². The molecule has 0 saturated carbocycles. The van der Waals surface area contributed by atoms with E-state index in [9.17, 15) is 9.90 Å². The molecule has 13 heavy (non-hydrogen) atoms. The number of aliphatic hydroxyl groups is 1. The Morgan fingerprint density at radius 1 is 1.62 bits per heavy atom. The maximum Gasteiger partial charge on any atom is 0.306 e. The summed E-state index contributed by atoms with van der Waals surface area (Å²) >= 11 is 1.42. The van der Waals surface area contributed by atoms with Crippen LogP contribution in [0.2, 0.25) is 0 Å². The molecule has 0 fully saturated rings. The average Bonchev–Trinajstić information content (AvgIpc) is 2.32. The molecule has 1 heterocycles. The number of carboxylic acids is 1. The topological polar surface area (TPSA) is 57.5 Å². The molecular weight excluding hydrogens is 188 g/mol. The van der Waals surface area contributed by atoms with Gasteiger partial charge >= 0.3 is 5.97 Å². The molecule has 1 aromatic rings. The summed E-state index contributed by atoms with van der Waals surface area (Å²) in [6.07, 6.45) is -0.257. The van der Waals surface area contributed by atoms with Crippen LogP contribution in [0.3, 0.4) is 0 Å². The minimum Gasteiger partial charge on any atom is -0.481 e. The molecule has 0 aliphatic carbocycles. The fourth-order valence-corrected chi connectivity index (χ4v) is 2.02. The number of hydrogen-bond donors (Lipinski definition) is 2. The standard InChI is InChI=1S/C9H12O3S/c1-6-3-4-7(13-6)9(2,12)5-8(10)11/h3-4,12H,5H2,1-2H3,(H,10,11). The number of carboxylic acid groups (broad SMARTS) is 1. The Labute approximate surface area is 80.6 Å². The first-order valence-electron chi connectivity index (χ1n) is 3.93. The zero-order valence-corrected chi connectivity index (χ0v) is 8.39. The van der Waals surface area contributed by atoms with Gasteiger partial charge in [0, 0.05) is 9.75 Å². The second-order valence-corrected chi connectivity index (χ2v) is 4.54. The molecule has 0 aliphatic rings. The Morgan fingerprint density at radius 3 is 2.62 bits per heavy atom. The van der Waals surface area contributed by atoms with Gasteiger partial charge in [0.25, 0.3) is 0 Å². The summed E-state index contributed by atoms with van der Waals surface area (Å²) in [4.78, 5) is 12.2. The summed E-state index contributed by atoms with van der Waals surface area (Å²) in [5, 5.41) is 18.4. The highest BCUT2D eigenvalue weighted by Gasteiger charge is 2.27. The van der Waals surface area contributed by atoms with Crippen molar-refractivity contribution in [1.29, 1.82) is 0 Å². The predicted molar refractivity (Wildman–Crippen MR) is 50.9 cm³/mol. The predicted octanol–water partition coefficient (Wildman–Crippen LogP) is 1.74. The van der Waals surface area contributed by atoms with Crippen LogP contribution in [0.1, 0.15) is 23.1 Å². The van der Waals surface area contributed by atoms with Gasteiger partial charge in [-0.1, -0.05) is 0 Å². The molecule has 72 valence electrons. The van der Waals surface area contributed by atoms with E-state index < -0.39 is 11.6 Å². The molecule has 0 aromatic carbocycles. The van der Waals surface area contributed by atoms with Crippen LogP contribution in [0.25, 0.3) is 0 Å². The lowest BCUT2D eigenvalue weighted by atomic mass is 10.0. The summed E-state index contributed by atoms with van der Waals surface area (Å²) in [7, 11) is 0. The monoisotopic (exact) mass is 200 g/mol. The molecule has 0 amide bonds. The Hall–Kier alpha value is -0.870. The van der Waals surface area contributed by atoms with Gasteiger partial charge in [-0.25, -0.2) is 0 Å². The fraction of sp³-hybridized carbons (Fsp3) is 0.444. The van der Waals surface area contributed by atoms with E-state index in [-0.39, 0.29) is 6.42 Å². The minimum absolute atomic E-state index is 0.257. The van der Waals surface area contributed by atoms with Gasteiger partial charge in [-0.3, -0.25) is 4.79 Å². The summed E-state index contributed by atoms with van der Waals surface area (Å²) in [6.45, 7) is 3.44. The van der Waals surface area contributed by atoms with E-state index in [1.54, 1.807) is 6.07 Å². The highest BCUT2D eigenvalue weighted by atomic mass is 32.1. The fourth-order valence-electron chi connectivity index (χ4n) is 1.11. The van der Waals surface area contributed by atoms with Crippen LogP contribution in [0.15, 0.2) is 12.1 Å². The van der Waals surface area contributed by atoms with Crippen molar-refractivity contribution in [3.05, 3.63) is 21.9 Å². The summed E-state index contributed by atoms with van der Waals surface area (Å²) in [6, 6.07) is 3.64. The van der Waals surface area contributed by atoms with Crippen LogP contribution < -0.4 is 0 Å². The molecule has 0 bridgehead atoms. The molecule has 0 saturated heterocycles. The van der Waals surface area contributed by atoms with Crippen LogP contribution >= 0.6 is 11.3 Å². The highest BCUT2D eigenvalue weighted by Crippen LogP contribution is 2.30. The lowest BCUT2D eigenvalue weighted by molar-refractivity contribution is -0.142. The molecular formula is C9H12O3S. The maximum absolute atomic E-state index is 10.4. The van der Waals surface area contributed by atoms with Gasteiger partial charge in [-0.2, -0.15) is 0 Å². The second-order valence-electron chi connectivity index (χ2n) is 3.25. The zero-order chi connectivity index (χ0) is 10.1. The van der Waals surface area contributed by atoms with E-state index in [0.717, 1.165) is 4.88 Å². The molecule has 1 atom stereocenters. The summed E-state index contributed by atoms with van der Waals surface area (Å²) in [5.74, 6) is -0.990. The van der Waals surface area contributed by atoms with E-state index >= 15 is 0 Å². The highest BCUT2D eigenvalue weighted by molar-refractivity contribution is 7.12. The quantitative estimate of drug-likeness (QED) is 0.781. The second kappa shape index (κ2) is 3.47.